The van der Waals surface area contributed by atoms with E-state index in [2.05, 4.69) is 62.3 Å². The Kier molecular flexibility index (Phi) is 6.11. The molecule has 4 rings (SSSR count). The van der Waals surface area contributed by atoms with E-state index < -0.39 is 0 Å². The van der Waals surface area contributed by atoms with E-state index in [-0.39, 0.29) is 22.7 Å². The number of anilines is 1. The third kappa shape index (κ3) is 4.36. The smallest absolute Gasteiger partial charge is 0.257 e. The first kappa shape index (κ1) is 21.9. The summed E-state index contributed by atoms with van der Waals surface area (Å²) in [5.74, 6) is 1.25. The fraction of sp³-hybridized carbons (Fsp3) is 0.480. The molecule has 31 heavy (non-hydrogen) atoms. The molecule has 0 fully saturated rings. The number of fused-ring (bicyclic) bond motifs is 1. The fourth-order valence-electron chi connectivity index (χ4n) is 4.55. The lowest BCUT2D eigenvalue weighted by Crippen LogP contribution is -2.37. The van der Waals surface area contributed by atoms with Gasteiger partial charge in [0.15, 0.2) is 10.9 Å². The normalized spacial score (nSPS) is 19.6. The molecule has 2 N–H and O–H groups in total. The Balaban J connectivity index is 1.85. The van der Waals surface area contributed by atoms with Gasteiger partial charge < -0.3 is 10.3 Å². The number of rotatable bonds is 6. The minimum Gasteiger partial charge on any atom is -0.343 e. The number of aromatic amines is 1. The summed E-state index contributed by atoms with van der Waals surface area (Å²) in [7, 11) is 0. The van der Waals surface area contributed by atoms with Crippen LogP contribution in [0.2, 0.25) is 0 Å². The summed E-state index contributed by atoms with van der Waals surface area (Å²) in [5.41, 5.74) is 4.13. The maximum Gasteiger partial charge on any atom is 0.257 e. The van der Waals surface area contributed by atoms with Gasteiger partial charge in [-0.05, 0) is 35.8 Å². The number of allylic oxidation sites excluding steroid dienone is 2. The number of nitrogens with one attached hydrogen (secondary N) is 2. The molecule has 0 radical (unpaired) electrons. The average Bonchev–Trinajstić information content (AvgIpc) is 2.71. The fourth-order valence-corrected chi connectivity index (χ4v) is 5.50. The molecule has 0 saturated heterocycles. The van der Waals surface area contributed by atoms with Crippen LogP contribution >= 0.6 is 11.8 Å². The predicted octanol–water partition coefficient (Wildman–Crippen LogP) is 5.43. The lowest BCUT2D eigenvalue weighted by Gasteiger charge is -2.38. The van der Waals surface area contributed by atoms with Crippen molar-refractivity contribution < 1.29 is 4.79 Å². The largest absolute Gasteiger partial charge is 0.343 e. The van der Waals surface area contributed by atoms with Gasteiger partial charge in [0, 0.05) is 29.4 Å². The Labute approximate surface area is 188 Å². The second-order valence-corrected chi connectivity index (χ2v) is 10.4. The van der Waals surface area contributed by atoms with Gasteiger partial charge in [-0.2, -0.15) is 0 Å². The molecule has 2 aromatic rings. The van der Waals surface area contributed by atoms with Crippen LogP contribution in [0.3, 0.4) is 0 Å². The zero-order valence-corrected chi connectivity index (χ0v) is 19.6. The van der Waals surface area contributed by atoms with E-state index in [1.807, 2.05) is 0 Å². The maximum atomic E-state index is 13.3. The second kappa shape index (κ2) is 8.65. The van der Waals surface area contributed by atoms with Crippen LogP contribution in [0.4, 0.5) is 5.82 Å². The van der Waals surface area contributed by atoms with Crippen molar-refractivity contribution in [3.05, 3.63) is 62.6 Å². The molecule has 0 bridgehead atoms. The van der Waals surface area contributed by atoms with Crippen molar-refractivity contribution in [1.82, 2.24) is 9.97 Å². The van der Waals surface area contributed by atoms with Gasteiger partial charge in [-0.1, -0.05) is 70.1 Å². The van der Waals surface area contributed by atoms with Crippen molar-refractivity contribution in [3.8, 4) is 0 Å². The quantitative estimate of drug-likeness (QED) is 0.358. The van der Waals surface area contributed by atoms with E-state index in [0.29, 0.717) is 23.0 Å². The topological polar surface area (TPSA) is 74.8 Å². The molecule has 2 heterocycles. The highest BCUT2D eigenvalue weighted by atomic mass is 32.2. The number of thioether (sulfide) groups is 1. The van der Waals surface area contributed by atoms with Crippen molar-refractivity contribution in [2.75, 3.05) is 11.1 Å². The summed E-state index contributed by atoms with van der Waals surface area (Å²) in [4.78, 5) is 34.3. The number of Topliss-reactive ketones (excluding diaryl/α,β-unsaturated/α-hetero) is 1. The highest BCUT2D eigenvalue weighted by Crippen LogP contribution is 2.47. The molecular formula is C25H31N3O2S. The summed E-state index contributed by atoms with van der Waals surface area (Å²) < 4.78 is 0. The molecule has 6 heteroatoms. The van der Waals surface area contributed by atoms with Crippen LogP contribution in [0.1, 0.15) is 76.0 Å². The number of hydrogen-bond donors (Lipinski definition) is 2. The summed E-state index contributed by atoms with van der Waals surface area (Å²) >= 11 is 1.57. The SMILES string of the molecule is CCCCSc1nc2c(c(=O)[nH]1)C(c1ccc(CC)cc1)C1=C(CC(C)(C)CC1=O)N2. The molecule has 0 amide bonds. The monoisotopic (exact) mass is 437 g/mol. The van der Waals surface area contributed by atoms with Gasteiger partial charge in [0.05, 0.1) is 5.56 Å². The summed E-state index contributed by atoms with van der Waals surface area (Å²) in [5, 5.41) is 4.03. The van der Waals surface area contributed by atoms with Crippen molar-refractivity contribution in [3.63, 3.8) is 0 Å². The molecule has 1 aromatic heterocycles. The van der Waals surface area contributed by atoms with E-state index in [0.717, 1.165) is 48.3 Å². The van der Waals surface area contributed by atoms with Gasteiger partial charge in [-0.3, -0.25) is 9.59 Å². The molecule has 1 unspecified atom stereocenters. The first-order chi connectivity index (χ1) is 14.8. The summed E-state index contributed by atoms with van der Waals surface area (Å²) in [6, 6.07) is 8.29. The Morgan fingerprint density at radius 1 is 1.13 bits per heavy atom. The van der Waals surface area contributed by atoms with Crippen LogP contribution in [0, 0.1) is 5.41 Å². The molecule has 0 spiro atoms. The van der Waals surface area contributed by atoms with Gasteiger partial charge in [-0.25, -0.2) is 4.98 Å². The average molecular weight is 438 g/mol. The Morgan fingerprint density at radius 3 is 2.55 bits per heavy atom. The van der Waals surface area contributed by atoms with E-state index in [9.17, 15) is 9.59 Å². The lowest BCUT2D eigenvalue weighted by molar-refractivity contribution is -0.118. The number of aryl methyl sites for hydroxylation is 1. The highest BCUT2D eigenvalue weighted by Gasteiger charge is 2.42. The first-order valence-corrected chi connectivity index (χ1v) is 12.2. The molecule has 1 aromatic carbocycles. The zero-order valence-electron chi connectivity index (χ0n) is 18.8. The molecule has 1 atom stereocenters. The number of nitrogens with zero attached hydrogens (tertiary/aromatic N) is 1. The zero-order chi connectivity index (χ0) is 22.2. The molecule has 164 valence electrons. The van der Waals surface area contributed by atoms with E-state index in [1.54, 1.807) is 11.8 Å². The van der Waals surface area contributed by atoms with Crippen LogP contribution in [-0.2, 0) is 11.2 Å². The van der Waals surface area contributed by atoms with Crippen LogP contribution in [-0.4, -0.2) is 21.5 Å². The van der Waals surface area contributed by atoms with Crippen LogP contribution in [0.25, 0.3) is 0 Å². The van der Waals surface area contributed by atoms with Gasteiger partial charge >= 0.3 is 0 Å². The number of aromatic nitrogens is 2. The highest BCUT2D eigenvalue weighted by molar-refractivity contribution is 7.99. The van der Waals surface area contributed by atoms with Gasteiger partial charge in [0.25, 0.3) is 5.56 Å². The van der Waals surface area contributed by atoms with Crippen LogP contribution in [0.15, 0.2) is 45.5 Å². The third-order valence-electron chi connectivity index (χ3n) is 6.16. The molecule has 2 aliphatic rings. The number of carbonyl (C=O) groups is 1. The van der Waals surface area contributed by atoms with E-state index >= 15 is 0 Å². The number of carbonyl (C=O) groups excluding carboxylic acids is 1. The van der Waals surface area contributed by atoms with E-state index in [1.165, 1.54) is 5.56 Å². The molecule has 1 aliphatic carbocycles. The number of hydrogen-bond acceptors (Lipinski definition) is 5. The number of benzene rings is 1. The van der Waals surface area contributed by atoms with Gasteiger partial charge in [0.1, 0.15) is 5.82 Å². The minimum atomic E-state index is -0.383. The number of ketones is 1. The van der Waals surface area contributed by atoms with E-state index in [4.69, 9.17) is 4.98 Å². The number of H-pyrrole nitrogens is 1. The minimum absolute atomic E-state index is 0.114. The Morgan fingerprint density at radius 2 is 1.87 bits per heavy atom. The molecule has 0 saturated carbocycles. The maximum absolute atomic E-state index is 13.3. The second-order valence-electron chi connectivity index (χ2n) is 9.32. The lowest BCUT2D eigenvalue weighted by atomic mass is 9.69. The van der Waals surface area contributed by atoms with Crippen molar-refractivity contribution in [1.29, 1.82) is 0 Å². The third-order valence-corrected chi connectivity index (χ3v) is 7.12. The Bertz CT molecular complexity index is 1080. The van der Waals surface area contributed by atoms with Gasteiger partial charge in [0.2, 0.25) is 0 Å². The summed E-state index contributed by atoms with van der Waals surface area (Å²) in [6.45, 7) is 8.51. The number of unbranched alkanes of at least 4 members (excludes halogenated alkanes) is 1. The molecule has 1 aliphatic heterocycles. The first-order valence-electron chi connectivity index (χ1n) is 11.2. The van der Waals surface area contributed by atoms with Crippen molar-refractivity contribution >= 4 is 23.4 Å². The standard InChI is InChI=1S/C25H31N3O2S/c1-5-7-12-31-24-27-22-21(23(30)28-24)19(16-10-8-15(6-2)9-11-16)20-17(26-22)13-25(3,4)14-18(20)29/h8-11,19H,5-7,12-14H2,1-4H3,(H2,26,27,28,30). The van der Waals surface area contributed by atoms with Crippen molar-refractivity contribution in [2.24, 2.45) is 5.41 Å². The van der Waals surface area contributed by atoms with Crippen LogP contribution in [0.5, 0.6) is 0 Å². The molecular weight excluding hydrogens is 406 g/mol. The Hall–Kier alpha value is -2.34. The van der Waals surface area contributed by atoms with Crippen molar-refractivity contribution in [2.45, 2.75) is 70.9 Å². The summed E-state index contributed by atoms with van der Waals surface area (Å²) in [6.07, 6.45) is 4.38. The van der Waals surface area contributed by atoms with Gasteiger partial charge in [-0.15, -0.1) is 0 Å². The van der Waals surface area contributed by atoms with Crippen LogP contribution < -0.4 is 10.9 Å². The molecule has 5 nitrogen and oxygen atoms in total. The predicted molar refractivity (Wildman–Crippen MR) is 127 cm³/mol.